The van der Waals surface area contributed by atoms with Crippen LogP contribution in [0.2, 0.25) is 0 Å². The van der Waals surface area contributed by atoms with E-state index in [1.54, 1.807) is 0 Å². The van der Waals surface area contributed by atoms with Crippen molar-refractivity contribution in [3.8, 4) is 0 Å². The van der Waals surface area contributed by atoms with Crippen molar-refractivity contribution in [1.82, 2.24) is 4.98 Å². The molecule has 0 aliphatic heterocycles. The lowest BCUT2D eigenvalue weighted by atomic mass is 10.2. The molecule has 3 heteroatoms. The lowest BCUT2D eigenvalue weighted by Gasteiger charge is -2.16. The van der Waals surface area contributed by atoms with E-state index in [0.717, 1.165) is 30.5 Å². The Morgan fingerprint density at radius 3 is 2.76 bits per heavy atom. The van der Waals surface area contributed by atoms with E-state index in [1.807, 2.05) is 24.0 Å². The number of nitrogens with one attached hydrogen (secondary N) is 1. The molecule has 0 aromatic carbocycles. The Hall–Kier alpha value is -0.700. The van der Waals surface area contributed by atoms with Gasteiger partial charge in [-0.15, -0.1) is 0 Å². The molecule has 0 saturated heterocycles. The molecule has 0 radical (unpaired) electrons. The third kappa shape index (κ3) is 4.99. The Morgan fingerprint density at radius 1 is 1.35 bits per heavy atom. The highest BCUT2D eigenvalue weighted by Crippen LogP contribution is 2.25. The van der Waals surface area contributed by atoms with Gasteiger partial charge in [-0.3, -0.25) is 0 Å². The molecular formula is C14H24N2S. The molecule has 0 fully saturated rings. The number of rotatable bonds is 7. The molecule has 2 nitrogen and oxygen atoms in total. The molecule has 1 unspecified atom stereocenters. The highest BCUT2D eigenvalue weighted by Gasteiger charge is 2.09. The van der Waals surface area contributed by atoms with Crippen LogP contribution in [0.25, 0.3) is 0 Å². The van der Waals surface area contributed by atoms with Crippen LogP contribution in [0.1, 0.15) is 39.7 Å². The second-order valence-electron chi connectivity index (χ2n) is 4.70. The molecule has 17 heavy (non-hydrogen) atoms. The first-order chi connectivity index (χ1) is 8.15. The third-order valence-corrected chi connectivity index (χ3v) is 4.42. The van der Waals surface area contributed by atoms with Crippen LogP contribution in [-0.4, -0.2) is 16.8 Å². The topological polar surface area (TPSA) is 24.9 Å². The number of anilines is 1. The van der Waals surface area contributed by atoms with Gasteiger partial charge < -0.3 is 5.32 Å². The van der Waals surface area contributed by atoms with E-state index in [9.17, 15) is 0 Å². The monoisotopic (exact) mass is 252 g/mol. The van der Waals surface area contributed by atoms with E-state index in [4.69, 9.17) is 0 Å². The minimum Gasteiger partial charge on any atom is -0.370 e. The first-order valence-electron chi connectivity index (χ1n) is 6.44. The summed E-state index contributed by atoms with van der Waals surface area (Å²) in [4.78, 5) is 4.41. The van der Waals surface area contributed by atoms with Crippen LogP contribution >= 0.6 is 11.8 Å². The standard InChI is InChI=1S/C14H24N2S/c1-5-8-15-14-13(7-6-9-16-14)10-17-12(4)11(2)3/h6-7,9,11-12H,5,8,10H2,1-4H3,(H,15,16). The molecule has 1 N–H and O–H groups in total. The van der Waals surface area contributed by atoms with Crippen molar-refractivity contribution in [2.45, 2.75) is 45.1 Å². The van der Waals surface area contributed by atoms with Gasteiger partial charge in [-0.25, -0.2) is 4.98 Å². The fourth-order valence-electron chi connectivity index (χ4n) is 1.37. The molecule has 1 aromatic heterocycles. The summed E-state index contributed by atoms with van der Waals surface area (Å²) in [5.41, 5.74) is 1.32. The summed E-state index contributed by atoms with van der Waals surface area (Å²) in [7, 11) is 0. The maximum Gasteiger partial charge on any atom is 0.129 e. The van der Waals surface area contributed by atoms with Gasteiger partial charge in [-0.05, 0) is 18.4 Å². The van der Waals surface area contributed by atoms with Gasteiger partial charge in [0.2, 0.25) is 0 Å². The van der Waals surface area contributed by atoms with Crippen LogP contribution in [0.4, 0.5) is 5.82 Å². The maximum atomic E-state index is 4.41. The van der Waals surface area contributed by atoms with E-state index in [0.29, 0.717) is 5.25 Å². The number of nitrogens with zero attached hydrogens (tertiary/aromatic N) is 1. The normalized spacial score (nSPS) is 12.8. The Bertz CT molecular complexity index is 326. The fraction of sp³-hybridized carbons (Fsp3) is 0.643. The number of pyridine rings is 1. The van der Waals surface area contributed by atoms with Gasteiger partial charge in [-0.2, -0.15) is 11.8 Å². The van der Waals surface area contributed by atoms with Crippen molar-refractivity contribution in [3.05, 3.63) is 23.9 Å². The largest absolute Gasteiger partial charge is 0.370 e. The molecule has 0 amide bonds. The van der Waals surface area contributed by atoms with Gasteiger partial charge in [0, 0.05) is 29.3 Å². The van der Waals surface area contributed by atoms with Crippen LogP contribution in [0.3, 0.4) is 0 Å². The first kappa shape index (κ1) is 14.4. The van der Waals surface area contributed by atoms with Gasteiger partial charge in [-0.1, -0.05) is 33.8 Å². The van der Waals surface area contributed by atoms with Crippen molar-refractivity contribution in [1.29, 1.82) is 0 Å². The van der Waals surface area contributed by atoms with E-state index in [-0.39, 0.29) is 0 Å². The second kappa shape index (κ2) is 7.59. The van der Waals surface area contributed by atoms with Crippen LogP contribution in [0.5, 0.6) is 0 Å². The molecule has 1 atom stereocenters. The summed E-state index contributed by atoms with van der Waals surface area (Å²) in [6.45, 7) is 10.0. The highest BCUT2D eigenvalue weighted by atomic mass is 32.2. The van der Waals surface area contributed by atoms with Gasteiger partial charge >= 0.3 is 0 Å². The Balaban J connectivity index is 2.57. The average Bonchev–Trinajstić information content (AvgIpc) is 2.34. The molecule has 0 aliphatic carbocycles. The molecule has 96 valence electrons. The average molecular weight is 252 g/mol. The second-order valence-corrected chi connectivity index (χ2v) is 6.06. The summed E-state index contributed by atoms with van der Waals surface area (Å²) in [6.07, 6.45) is 2.99. The molecule has 0 saturated carbocycles. The minimum atomic E-state index is 0.689. The third-order valence-electron chi connectivity index (χ3n) is 2.87. The van der Waals surface area contributed by atoms with E-state index >= 15 is 0 Å². The summed E-state index contributed by atoms with van der Waals surface area (Å²) in [5, 5.41) is 4.08. The van der Waals surface area contributed by atoms with Crippen molar-refractivity contribution < 1.29 is 0 Å². The smallest absolute Gasteiger partial charge is 0.129 e. The first-order valence-corrected chi connectivity index (χ1v) is 7.49. The van der Waals surface area contributed by atoms with Crippen LogP contribution in [-0.2, 0) is 5.75 Å². The number of hydrogen-bond acceptors (Lipinski definition) is 3. The zero-order chi connectivity index (χ0) is 12.7. The zero-order valence-corrected chi connectivity index (χ0v) is 12.2. The summed E-state index contributed by atoms with van der Waals surface area (Å²) in [6, 6.07) is 4.19. The fourth-order valence-corrected chi connectivity index (χ4v) is 2.43. The van der Waals surface area contributed by atoms with Crippen molar-refractivity contribution in [2.75, 3.05) is 11.9 Å². The predicted octanol–water partition coefficient (Wildman–Crippen LogP) is 4.18. The van der Waals surface area contributed by atoms with Gasteiger partial charge in [0.05, 0.1) is 0 Å². The SMILES string of the molecule is CCCNc1ncccc1CSC(C)C(C)C. The summed E-state index contributed by atoms with van der Waals surface area (Å²) < 4.78 is 0. The van der Waals surface area contributed by atoms with E-state index in [2.05, 4.69) is 44.1 Å². The molecule has 1 heterocycles. The Kier molecular flexibility index (Phi) is 6.41. The van der Waals surface area contributed by atoms with Crippen molar-refractivity contribution in [2.24, 2.45) is 5.92 Å². The number of hydrogen-bond donors (Lipinski definition) is 1. The maximum absolute atomic E-state index is 4.41. The van der Waals surface area contributed by atoms with Gasteiger partial charge in [0.1, 0.15) is 5.82 Å². The molecule has 0 aliphatic rings. The van der Waals surface area contributed by atoms with Crippen molar-refractivity contribution >= 4 is 17.6 Å². The highest BCUT2D eigenvalue weighted by molar-refractivity contribution is 7.99. The zero-order valence-electron chi connectivity index (χ0n) is 11.4. The van der Waals surface area contributed by atoms with Gasteiger partial charge in [0.25, 0.3) is 0 Å². The molecule has 1 rings (SSSR count). The summed E-state index contributed by atoms with van der Waals surface area (Å²) >= 11 is 2.01. The predicted molar refractivity (Wildman–Crippen MR) is 78.6 cm³/mol. The quantitative estimate of drug-likeness (QED) is 0.788. The van der Waals surface area contributed by atoms with Crippen molar-refractivity contribution in [3.63, 3.8) is 0 Å². The Labute approximate surface area is 110 Å². The molecular weight excluding hydrogens is 228 g/mol. The van der Waals surface area contributed by atoms with E-state index in [1.165, 1.54) is 5.56 Å². The number of thioether (sulfide) groups is 1. The Morgan fingerprint density at radius 2 is 2.12 bits per heavy atom. The van der Waals surface area contributed by atoms with Gasteiger partial charge in [0.15, 0.2) is 0 Å². The minimum absolute atomic E-state index is 0.689. The van der Waals surface area contributed by atoms with Crippen LogP contribution in [0.15, 0.2) is 18.3 Å². The molecule has 1 aromatic rings. The lowest BCUT2D eigenvalue weighted by molar-refractivity contribution is 0.642. The lowest BCUT2D eigenvalue weighted by Crippen LogP contribution is -2.08. The van der Waals surface area contributed by atoms with E-state index < -0.39 is 0 Å². The molecule has 0 spiro atoms. The molecule has 0 bridgehead atoms. The van der Waals surface area contributed by atoms with Crippen LogP contribution in [0, 0.1) is 5.92 Å². The van der Waals surface area contributed by atoms with Crippen LogP contribution < -0.4 is 5.32 Å². The summed E-state index contributed by atoms with van der Waals surface area (Å²) in [5.74, 6) is 2.82. The number of aromatic nitrogens is 1.